The summed E-state index contributed by atoms with van der Waals surface area (Å²) in [6, 6.07) is 0.652. The monoisotopic (exact) mass is 243 g/mol. The summed E-state index contributed by atoms with van der Waals surface area (Å²) in [5, 5.41) is 3.71. The van der Waals surface area contributed by atoms with E-state index in [0.29, 0.717) is 6.04 Å². The van der Waals surface area contributed by atoms with Crippen molar-refractivity contribution in [3.8, 4) is 0 Å². The Balaban J connectivity index is 4.27. The Morgan fingerprint density at radius 1 is 1.12 bits per heavy atom. The first-order chi connectivity index (χ1) is 8.00. The number of ether oxygens (including phenoxy) is 1. The highest BCUT2D eigenvalue weighted by Crippen LogP contribution is 2.22. The zero-order chi connectivity index (χ0) is 13.3. The van der Waals surface area contributed by atoms with E-state index in [9.17, 15) is 0 Å². The minimum absolute atomic E-state index is 0.0121. The molecule has 104 valence electrons. The van der Waals surface area contributed by atoms with E-state index >= 15 is 0 Å². The second-order valence-electron chi connectivity index (χ2n) is 5.64. The van der Waals surface area contributed by atoms with Gasteiger partial charge in [-0.2, -0.15) is 0 Å². The Kier molecular flexibility index (Phi) is 8.89. The summed E-state index contributed by atoms with van der Waals surface area (Å²) in [5.74, 6) is 0.800. The van der Waals surface area contributed by atoms with Gasteiger partial charge in [-0.1, -0.05) is 33.6 Å². The fraction of sp³-hybridized carbons (Fsp3) is 1.00. The van der Waals surface area contributed by atoms with Crippen LogP contribution < -0.4 is 5.32 Å². The quantitative estimate of drug-likeness (QED) is 0.626. The van der Waals surface area contributed by atoms with Gasteiger partial charge in [0.25, 0.3) is 0 Å². The van der Waals surface area contributed by atoms with Gasteiger partial charge in [-0.15, -0.1) is 0 Å². The van der Waals surface area contributed by atoms with E-state index in [1.807, 2.05) is 7.11 Å². The molecule has 0 spiro atoms. The summed E-state index contributed by atoms with van der Waals surface area (Å²) in [6.07, 6.45) is 6.09. The van der Waals surface area contributed by atoms with Gasteiger partial charge < -0.3 is 10.1 Å². The molecular weight excluding hydrogens is 210 g/mol. The van der Waals surface area contributed by atoms with E-state index < -0.39 is 0 Å². The smallest absolute Gasteiger partial charge is 0.0623 e. The molecule has 0 fully saturated rings. The van der Waals surface area contributed by atoms with Crippen LogP contribution in [0.1, 0.15) is 66.7 Å². The van der Waals surface area contributed by atoms with E-state index in [-0.39, 0.29) is 5.60 Å². The highest BCUT2D eigenvalue weighted by atomic mass is 16.5. The lowest BCUT2D eigenvalue weighted by molar-refractivity contribution is 0.0100. The zero-order valence-electron chi connectivity index (χ0n) is 12.8. The van der Waals surface area contributed by atoms with Gasteiger partial charge in [-0.3, -0.25) is 0 Å². The summed E-state index contributed by atoms with van der Waals surface area (Å²) in [5.41, 5.74) is 0.0121. The third kappa shape index (κ3) is 7.05. The van der Waals surface area contributed by atoms with Crippen LogP contribution in [0, 0.1) is 5.92 Å². The molecule has 0 aromatic carbocycles. The van der Waals surface area contributed by atoms with Crippen LogP contribution in [0.5, 0.6) is 0 Å². The lowest BCUT2D eigenvalue weighted by Gasteiger charge is -2.30. The van der Waals surface area contributed by atoms with Gasteiger partial charge in [0.1, 0.15) is 0 Å². The van der Waals surface area contributed by atoms with Crippen LogP contribution >= 0.6 is 0 Å². The first-order valence-corrected chi connectivity index (χ1v) is 7.29. The number of hydrogen-bond acceptors (Lipinski definition) is 2. The fourth-order valence-electron chi connectivity index (χ4n) is 2.30. The van der Waals surface area contributed by atoms with Crippen LogP contribution in [0.15, 0.2) is 0 Å². The topological polar surface area (TPSA) is 21.3 Å². The molecule has 0 aromatic rings. The molecule has 1 unspecified atom stereocenters. The maximum Gasteiger partial charge on any atom is 0.0623 e. The Morgan fingerprint density at radius 2 is 1.71 bits per heavy atom. The predicted molar refractivity (Wildman–Crippen MR) is 76.5 cm³/mol. The maximum atomic E-state index is 5.51. The molecule has 2 heteroatoms. The number of methoxy groups -OCH3 is 1. The lowest BCUT2D eigenvalue weighted by Crippen LogP contribution is -2.38. The molecule has 0 amide bonds. The zero-order valence-corrected chi connectivity index (χ0v) is 12.8. The molecular formula is C15H33NO. The van der Waals surface area contributed by atoms with Crippen LogP contribution in [-0.4, -0.2) is 25.3 Å². The lowest BCUT2D eigenvalue weighted by atomic mass is 9.88. The summed E-state index contributed by atoms with van der Waals surface area (Å²) in [7, 11) is 1.81. The highest BCUT2D eigenvalue weighted by Gasteiger charge is 2.22. The summed E-state index contributed by atoms with van der Waals surface area (Å²) < 4.78 is 5.51. The Hall–Kier alpha value is -0.0800. The molecule has 17 heavy (non-hydrogen) atoms. The molecule has 0 bridgehead atoms. The minimum atomic E-state index is 0.0121. The Labute approximate surface area is 109 Å². The molecule has 0 saturated carbocycles. The minimum Gasteiger partial charge on any atom is -0.379 e. The molecule has 1 N–H and O–H groups in total. The maximum absolute atomic E-state index is 5.51. The van der Waals surface area contributed by atoms with Crippen molar-refractivity contribution in [2.24, 2.45) is 5.92 Å². The summed E-state index contributed by atoms with van der Waals surface area (Å²) in [4.78, 5) is 0. The SMILES string of the molecule is CCCNC(CCC(C)(C)OC)C(CC)CC. The van der Waals surface area contributed by atoms with Gasteiger partial charge in [0.2, 0.25) is 0 Å². The van der Waals surface area contributed by atoms with Crippen molar-refractivity contribution in [3.05, 3.63) is 0 Å². The van der Waals surface area contributed by atoms with Crippen molar-refractivity contribution in [2.45, 2.75) is 78.4 Å². The van der Waals surface area contributed by atoms with Crippen LogP contribution in [0.3, 0.4) is 0 Å². The fourth-order valence-corrected chi connectivity index (χ4v) is 2.30. The molecule has 0 radical (unpaired) electrons. The van der Waals surface area contributed by atoms with E-state index in [1.165, 1.54) is 25.7 Å². The molecule has 0 heterocycles. The number of rotatable bonds is 10. The molecule has 0 saturated heterocycles. The average Bonchev–Trinajstić information content (AvgIpc) is 2.33. The normalized spacial score (nSPS) is 14.3. The van der Waals surface area contributed by atoms with Gasteiger partial charge in [0.15, 0.2) is 0 Å². The van der Waals surface area contributed by atoms with Crippen molar-refractivity contribution in [3.63, 3.8) is 0 Å². The largest absolute Gasteiger partial charge is 0.379 e. The van der Waals surface area contributed by atoms with E-state index in [0.717, 1.165) is 18.9 Å². The van der Waals surface area contributed by atoms with E-state index in [4.69, 9.17) is 4.74 Å². The van der Waals surface area contributed by atoms with Gasteiger partial charge in [0.05, 0.1) is 5.60 Å². The molecule has 1 atom stereocenters. The van der Waals surface area contributed by atoms with E-state index in [1.54, 1.807) is 0 Å². The van der Waals surface area contributed by atoms with Crippen molar-refractivity contribution < 1.29 is 4.74 Å². The second kappa shape index (κ2) is 8.93. The molecule has 0 rings (SSSR count). The highest BCUT2D eigenvalue weighted by molar-refractivity contribution is 4.79. The average molecular weight is 243 g/mol. The third-order valence-corrected chi connectivity index (χ3v) is 3.88. The van der Waals surface area contributed by atoms with Crippen molar-refractivity contribution in [1.29, 1.82) is 0 Å². The first kappa shape index (κ1) is 16.9. The van der Waals surface area contributed by atoms with Gasteiger partial charge >= 0.3 is 0 Å². The van der Waals surface area contributed by atoms with Crippen molar-refractivity contribution in [2.75, 3.05) is 13.7 Å². The van der Waals surface area contributed by atoms with Crippen molar-refractivity contribution >= 4 is 0 Å². The van der Waals surface area contributed by atoms with Gasteiger partial charge in [-0.25, -0.2) is 0 Å². The van der Waals surface area contributed by atoms with E-state index in [2.05, 4.69) is 39.9 Å². The molecule has 0 aromatic heterocycles. The van der Waals surface area contributed by atoms with Crippen molar-refractivity contribution in [1.82, 2.24) is 5.32 Å². The van der Waals surface area contributed by atoms with Crippen LogP contribution in [0.25, 0.3) is 0 Å². The van der Waals surface area contributed by atoms with Crippen LogP contribution in [0.4, 0.5) is 0 Å². The summed E-state index contributed by atoms with van der Waals surface area (Å²) in [6.45, 7) is 12.3. The first-order valence-electron chi connectivity index (χ1n) is 7.29. The molecule has 2 nitrogen and oxygen atoms in total. The Bertz CT molecular complexity index is 176. The molecule has 0 aliphatic rings. The third-order valence-electron chi connectivity index (χ3n) is 3.88. The Morgan fingerprint density at radius 3 is 2.12 bits per heavy atom. The second-order valence-corrected chi connectivity index (χ2v) is 5.64. The van der Waals surface area contributed by atoms with Gasteiger partial charge in [0, 0.05) is 13.2 Å². The standard InChI is InChI=1S/C15H33NO/c1-7-12-16-14(13(8-2)9-3)10-11-15(4,5)17-6/h13-14,16H,7-12H2,1-6H3. The van der Waals surface area contributed by atoms with Gasteiger partial charge in [-0.05, 0) is 45.6 Å². The predicted octanol–water partition coefficient (Wildman–Crippen LogP) is 4.00. The number of hydrogen-bond donors (Lipinski definition) is 1. The van der Waals surface area contributed by atoms with Crippen LogP contribution in [0.2, 0.25) is 0 Å². The van der Waals surface area contributed by atoms with Crippen LogP contribution in [-0.2, 0) is 4.74 Å². The number of nitrogens with one attached hydrogen (secondary N) is 1. The molecule has 0 aliphatic carbocycles. The molecule has 0 aliphatic heterocycles. The summed E-state index contributed by atoms with van der Waals surface area (Å²) >= 11 is 0.